The quantitative estimate of drug-likeness (QED) is 0.474. The summed E-state index contributed by atoms with van der Waals surface area (Å²) in [5.74, 6) is -3.56. The van der Waals surface area contributed by atoms with Gasteiger partial charge in [-0.2, -0.15) is 0 Å². The molecule has 138 valence electrons. The minimum atomic E-state index is -1.90. The van der Waals surface area contributed by atoms with Gasteiger partial charge in [0.15, 0.2) is 17.7 Å². The molecule has 0 fully saturated rings. The Hall–Kier alpha value is -2.96. The normalized spacial score (nSPS) is 15.6. The number of ether oxygens (including phenoxy) is 1. The monoisotopic (exact) mass is 362 g/mol. The van der Waals surface area contributed by atoms with Crippen molar-refractivity contribution in [2.45, 2.75) is 39.5 Å². The van der Waals surface area contributed by atoms with E-state index in [1.165, 1.54) is 0 Å². The van der Waals surface area contributed by atoms with Gasteiger partial charge in [0.05, 0.1) is 11.1 Å². The summed E-state index contributed by atoms with van der Waals surface area (Å²) in [6.07, 6.45) is -0.410. The van der Waals surface area contributed by atoms with Crippen LogP contribution in [0.1, 0.15) is 47.9 Å². The molecule has 1 aromatic carbocycles. The third-order valence-corrected chi connectivity index (χ3v) is 3.85. The van der Waals surface area contributed by atoms with Gasteiger partial charge in [-0.3, -0.25) is 9.59 Å². The molecular weight excluding hydrogens is 343 g/mol. The van der Waals surface area contributed by atoms with Gasteiger partial charge in [-0.05, 0) is 39.0 Å². The molecule has 0 saturated heterocycles. The number of halogens is 1. The number of Topliss-reactive ketones (excluding diaryl/α,β-unsaturated/α-hetero) is 1. The van der Waals surface area contributed by atoms with Crippen molar-refractivity contribution in [3.8, 4) is 11.5 Å². The number of rotatable bonds is 5. The van der Waals surface area contributed by atoms with Crippen LogP contribution in [-0.2, 0) is 9.53 Å². The van der Waals surface area contributed by atoms with Gasteiger partial charge >= 0.3 is 5.97 Å². The molecular formula is C19H19FO6. The molecule has 0 saturated carbocycles. The lowest BCUT2D eigenvalue weighted by atomic mass is 9.85. The molecule has 6 nitrogen and oxygen atoms in total. The zero-order valence-corrected chi connectivity index (χ0v) is 14.6. The number of carbonyl (C=O) groups is 3. The smallest absolute Gasteiger partial charge is 0.341 e. The maximum Gasteiger partial charge on any atom is 0.341 e. The van der Waals surface area contributed by atoms with Crippen molar-refractivity contribution < 1.29 is 33.7 Å². The number of fused-ring (bicyclic) bond motifs is 1. The fraction of sp³-hybridized carbons (Fsp3) is 0.316. The van der Waals surface area contributed by atoms with E-state index in [0.717, 1.165) is 30.7 Å². The zero-order chi connectivity index (χ0) is 19.6. The summed E-state index contributed by atoms with van der Waals surface area (Å²) in [5.41, 5.74) is 0.00858. The maximum atomic E-state index is 13.2. The number of esters is 1. The van der Waals surface area contributed by atoms with E-state index in [1.807, 2.05) is 0 Å². The minimum absolute atomic E-state index is 0.0561. The molecule has 2 N–H and O–H groups in total. The number of carbonyl (C=O) groups excluding carboxylic acids is 3. The first-order chi connectivity index (χ1) is 12.1. The number of alkyl halides is 1. The second-order valence-electron chi connectivity index (χ2n) is 6.21. The molecule has 0 aromatic heterocycles. The fourth-order valence-corrected chi connectivity index (χ4v) is 2.54. The molecule has 1 aliphatic rings. The summed E-state index contributed by atoms with van der Waals surface area (Å²) < 4.78 is 18.3. The van der Waals surface area contributed by atoms with Crippen LogP contribution in [0.3, 0.4) is 0 Å². The van der Waals surface area contributed by atoms with E-state index in [-0.39, 0.29) is 23.1 Å². The molecule has 0 radical (unpaired) electrons. The Kier molecular flexibility index (Phi) is 5.59. The lowest BCUT2D eigenvalue weighted by Gasteiger charge is -2.23. The number of hydrogen-bond acceptors (Lipinski definition) is 6. The first kappa shape index (κ1) is 19.4. The lowest BCUT2D eigenvalue weighted by molar-refractivity contribution is -0.152. The van der Waals surface area contributed by atoms with Crippen LogP contribution in [0.4, 0.5) is 4.39 Å². The van der Waals surface area contributed by atoms with E-state index in [2.05, 4.69) is 0 Å². The summed E-state index contributed by atoms with van der Waals surface area (Å²) in [4.78, 5) is 36.8. The minimum Gasteiger partial charge on any atom is -0.507 e. The Balaban J connectivity index is 2.50. The van der Waals surface area contributed by atoms with E-state index < -0.39 is 41.3 Å². The van der Waals surface area contributed by atoms with Crippen LogP contribution in [0.25, 0.3) is 0 Å². The molecule has 0 bridgehead atoms. The molecule has 0 amide bonds. The first-order valence-electron chi connectivity index (χ1n) is 7.97. The number of phenolic OH excluding ortho intramolecular Hbond substituents is 2. The summed E-state index contributed by atoms with van der Waals surface area (Å²) >= 11 is 0. The molecule has 0 aliphatic heterocycles. The molecule has 0 spiro atoms. The fourth-order valence-electron chi connectivity index (χ4n) is 2.54. The topological polar surface area (TPSA) is 101 Å². The Bertz CT molecular complexity index is 831. The predicted molar refractivity (Wildman–Crippen MR) is 91.0 cm³/mol. The van der Waals surface area contributed by atoms with Crippen LogP contribution in [-0.4, -0.2) is 40.0 Å². The molecule has 2 unspecified atom stereocenters. The van der Waals surface area contributed by atoms with Crippen molar-refractivity contribution in [3.63, 3.8) is 0 Å². The van der Waals surface area contributed by atoms with Gasteiger partial charge in [0.25, 0.3) is 0 Å². The largest absolute Gasteiger partial charge is 0.507 e. The zero-order valence-electron chi connectivity index (χ0n) is 14.6. The van der Waals surface area contributed by atoms with Gasteiger partial charge in [0.1, 0.15) is 17.6 Å². The lowest BCUT2D eigenvalue weighted by Crippen LogP contribution is -2.31. The van der Waals surface area contributed by atoms with E-state index in [1.54, 1.807) is 19.9 Å². The highest BCUT2D eigenvalue weighted by Crippen LogP contribution is 2.36. The van der Waals surface area contributed by atoms with Crippen molar-refractivity contribution in [3.05, 3.63) is 46.6 Å². The van der Waals surface area contributed by atoms with Crippen LogP contribution < -0.4 is 0 Å². The summed E-state index contributed by atoms with van der Waals surface area (Å²) in [6, 6.07) is 2.19. The summed E-state index contributed by atoms with van der Waals surface area (Å²) in [6.45, 7) is 4.58. The van der Waals surface area contributed by atoms with Crippen LogP contribution in [0, 0.1) is 0 Å². The molecule has 26 heavy (non-hydrogen) atoms. The highest BCUT2D eigenvalue weighted by molar-refractivity contribution is 6.27. The molecule has 2 atom stereocenters. The standard InChI is InChI=1S/C19H19FO6/c1-9(2)4-7-15(26-19(25)10(3)20)11-8-14(23)16-12(21)5-6-13(22)17(16)18(11)24/h4-6,8,10,15,21-22H,7H2,1-3H3. The van der Waals surface area contributed by atoms with E-state index >= 15 is 0 Å². The number of hydrogen-bond donors (Lipinski definition) is 2. The van der Waals surface area contributed by atoms with Crippen LogP contribution in [0.5, 0.6) is 11.5 Å². The van der Waals surface area contributed by atoms with Gasteiger partial charge in [-0.25, -0.2) is 9.18 Å². The predicted octanol–water partition coefficient (Wildman–Crippen LogP) is 3.03. The molecule has 2 rings (SSSR count). The molecule has 7 heteroatoms. The highest BCUT2D eigenvalue weighted by Gasteiger charge is 2.36. The van der Waals surface area contributed by atoms with Crippen molar-refractivity contribution >= 4 is 17.5 Å². The first-order valence-corrected chi connectivity index (χ1v) is 7.97. The van der Waals surface area contributed by atoms with Gasteiger partial charge in [0, 0.05) is 12.0 Å². The van der Waals surface area contributed by atoms with Gasteiger partial charge in [-0.15, -0.1) is 0 Å². The van der Waals surface area contributed by atoms with Crippen LogP contribution in [0.2, 0.25) is 0 Å². The van der Waals surface area contributed by atoms with Crippen molar-refractivity contribution in [2.75, 3.05) is 0 Å². The average molecular weight is 362 g/mol. The summed E-state index contributed by atoms with van der Waals surface area (Å²) in [5, 5.41) is 19.8. The second kappa shape index (κ2) is 7.51. The van der Waals surface area contributed by atoms with Crippen molar-refractivity contribution in [2.24, 2.45) is 0 Å². The molecule has 1 aromatic rings. The Labute approximate surface area is 149 Å². The third kappa shape index (κ3) is 3.82. The number of phenols is 2. The number of allylic oxidation sites excluding steroid dienone is 2. The third-order valence-electron chi connectivity index (χ3n) is 3.85. The Morgan fingerprint density at radius 3 is 2.31 bits per heavy atom. The van der Waals surface area contributed by atoms with E-state index in [9.17, 15) is 29.0 Å². The van der Waals surface area contributed by atoms with E-state index in [4.69, 9.17) is 4.74 Å². The Morgan fingerprint density at radius 1 is 1.19 bits per heavy atom. The molecule has 0 heterocycles. The van der Waals surface area contributed by atoms with Gasteiger partial charge < -0.3 is 14.9 Å². The van der Waals surface area contributed by atoms with E-state index in [0.29, 0.717) is 0 Å². The number of ketones is 2. The van der Waals surface area contributed by atoms with Crippen molar-refractivity contribution in [1.29, 1.82) is 0 Å². The SMILES string of the molecule is CC(C)=CCC(OC(=O)C(C)F)C1=CC(=O)c2c(O)ccc(O)c2C1=O. The van der Waals surface area contributed by atoms with Crippen LogP contribution in [0.15, 0.2) is 35.4 Å². The molecule has 1 aliphatic carbocycles. The van der Waals surface area contributed by atoms with Crippen molar-refractivity contribution in [1.82, 2.24) is 0 Å². The van der Waals surface area contributed by atoms with Gasteiger partial charge in [0.2, 0.25) is 0 Å². The highest BCUT2D eigenvalue weighted by atomic mass is 19.1. The van der Waals surface area contributed by atoms with Gasteiger partial charge in [-0.1, -0.05) is 11.6 Å². The second-order valence-corrected chi connectivity index (χ2v) is 6.21. The maximum absolute atomic E-state index is 13.2. The van der Waals surface area contributed by atoms with Crippen LogP contribution >= 0.6 is 0 Å². The number of benzene rings is 1. The average Bonchev–Trinajstić information content (AvgIpc) is 2.56. The summed E-state index contributed by atoms with van der Waals surface area (Å²) in [7, 11) is 0. The number of aromatic hydroxyl groups is 2. The Morgan fingerprint density at radius 2 is 1.77 bits per heavy atom.